The molecule has 2 heterocycles. The minimum atomic E-state index is -0.789. The quantitative estimate of drug-likeness (QED) is 0.531. The van der Waals surface area contributed by atoms with Crippen molar-refractivity contribution in [2.45, 2.75) is 46.0 Å². The first-order chi connectivity index (χ1) is 14.8. The van der Waals surface area contributed by atoms with E-state index in [9.17, 15) is 14.7 Å². The SMILES string of the molecule is CC(C)(CCc1ncc(-c2ccc(NC(=O)NCCN3CCCCC3)cc2)s1)C(=O)O. The standard InChI is InChI=1S/C23H32N4O3S/c1-23(2,21(28)29)11-10-20-25-16-19(31-20)17-6-8-18(9-7-17)26-22(30)24-12-15-27-13-4-3-5-14-27/h6-9,16H,3-5,10-15H2,1-2H3,(H,28,29)(H2,24,26,30). The van der Waals surface area contributed by atoms with E-state index in [1.165, 1.54) is 19.3 Å². The van der Waals surface area contributed by atoms with Crippen LogP contribution in [-0.2, 0) is 11.2 Å². The van der Waals surface area contributed by atoms with Crippen LogP contribution < -0.4 is 10.6 Å². The van der Waals surface area contributed by atoms with Crippen LogP contribution in [0.4, 0.5) is 10.5 Å². The molecule has 0 atom stereocenters. The number of benzene rings is 1. The first-order valence-electron chi connectivity index (χ1n) is 10.9. The zero-order valence-corrected chi connectivity index (χ0v) is 19.1. The highest BCUT2D eigenvalue weighted by atomic mass is 32.1. The smallest absolute Gasteiger partial charge is 0.319 e. The molecule has 2 aromatic rings. The van der Waals surface area contributed by atoms with Gasteiger partial charge in [0.15, 0.2) is 0 Å². The van der Waals surface area contributed by atoms with E-state index >= 15 is 0 Å². The van der Waals surface area contributed by atoms with Crippen molar-refractivity contribution in [1.82, 2.24) is 15.2 Å². The van der Waals surface area contributed by atoms with Gasteiger partial charge in [0, 0.05) is 31.4 Å². The number of amides is 2. The van der Waals surface area contributed by atoms with Gasteiger partial charge >= 0.3 is 12.0 Å². The Kier molecular flexibility index (Phi) is 8.03. The first kappa shape index (κ1) is 23.2. The molecule has 1 saturated heterocycles. The molecule has 1 aliphatic rings. The van der Waals surface area contributed by atoms with Crippen LogP contribution in [0.25, 0.3) is 10.4 Å². The molecule has 0 radical (unpaired) electrons. The average Bonchev–Trinajstić information content (AvgIpc) is 3.23. The van der Waals surface area contributed by atoms with Gasteiger partial charge in [0.05, 0.1) is 15.3 Å². The summed E-state index contributed by atoms with van der Waals surface area (Å²) in [5, 5.41) is 16.0. The van der Waals surface area contributed by atoms with Crippen LogP contribution in [0.5, 0.6) is 0 Å². The van der Waals surface area contributed by atoms with E-state index in [0.717, 1.165) is 40.8 Å². The number of likely N-dealkylation sites (tertiary alicyclic amines) is 1. The van der Waals surface area contributed by atoms with E-state index in [4.69, 9.17) is 0 Å². The number of piperidine rings is 1. The summed E-state index contributed by atoms with van der Waals surface area (Å²) in [5.74, 6) is -0.789. The van der Waals surface area contributed by atoms with Gasteiger partial charge in [0.1, 0.15) is 0 Å². The molecule has 31 heavy (non-hydrogen) atoms. The molecule has 0 aliphatic carbocycles. The fourth-order valence-corrected chi connectivity index (χ4v) is 4.41. The zero-order chi connectivity index (χ0) is 22.3. The highest BCUT2D eigenvalue weighted by molar-refractivity contribution is 7.15. The number of nitrogens with one attached hydrogen (secondary N) is 2. The van der Waals surface area contributed by atoms with Gasteiger partial charge in [-0.05, 0) is 63.9 Å². The fourth-order valence-electron chi connectivity index (χ4n) is 3.49. The molecule has 168 valence electrons. The summed E-state index contributed by atoms with van der Waals surface area (Å²) in [6, 6.07) is 7.49. The lowest BCUT2D eigenvalue weighted by Gasteiger charge is -2.26. The van der Waals surface area contributed by atoms with Gasteiger partial charge in [-0.1, -0.05) is 18.6 Å². The van der Waals surface area contributed by atoms with Crippen molar-refractivity contribution in [3.8, 4) is 10.4 Å². The maximum atomic E-state index is 12.1. The van der Waals surface area contributed by atoms with Crippen molar-refractivity contribution in [3.63, 3.8) is 0 Å². The third kappa shape index (κ3) is 7.04. The molecule has 2 amide bonds. The van der Waals surface area contributed by atoms with Crippen molar-refractivity contribution in [3.05, 3.63) is 35.5 Å². The van der Waals surface area contributed by atoms with Crippen molar-refractivity contribution in [2.24, 2.45) is 5.41 Å². The molecule has 3 N–H and O–H groups in total. The highest BCUT2D eigenvalue weighted by Gasteiger charge is 2.27. The Balaban J connectivity index is 1.46. The summed E-state index contributed by atoms with van der Waals surface area (Å²) in [5.41, 5.74) is 1.01. The highest BCUT2D eigenvalue weighted by Crippen LogP contribution is 2.30. The number of carboxylic acid groups (broad SMARTS) is 1. The van der Waals surface area contributed by atoms with Gasteiger partial charge in [-0.15, -0.1) is 11.3 Å². The molecular formula is C23H32N4O3S. The second kappa shape index (κ2) is 10.7. The molecule has 8 heteroatoms. The molecule has 3 rings (SSSR count). The largest absolute Gasteiger partial charge is 0.481 e. The molecule has 0 spiro atoms. The Bertz CT molecular complexity index is 873. The topological polar surface area (TPSA) is 94.6 Å². The van der Waals surface area contributed by atoms with E-state index in [1.54, 1.807) is 25.2 Å². The van der Waals surface area contributed by atoms with Crippen LogP contribution >= 0.6 is 11.3 Å². The van der Waals surface area contributed by atoms with Gasteiger partial charge in [-0.3, -0.25) is 4.79 Å². The number of anilines is 1. The van der Waals surface area contributed by atoms with E-state index in [1.807, 2.05) is 30.5 Å². The van der Waals surface area contributed by atoms with Crippen LogP contribution in [-0.4, -0.2) is 53.2 Å². The molecule has 1 aromatic heterocycles. The molecule has 7 nitrogen and oxygen atoms in total. The number of thiazole rings is 1. The minimum absolute atomic E-state index is 0.189. The van der Waals surface area contributed by atoms with E-state index in [-0.39, 0.29) is 6.03 Å². The number of carbonyl (C=O) groups excluding carboxylic acids is 1. The predicted octanol–water partition coefficient (Wildman–Crippen LogP) is 4.46. The summed E-state index contributed by atoms with van der Waals surface area (Å²) in [7, 11) is 0. The van der Waals surface area contributed by atoms with Gasteiger partial charge in [-0.25, -0.2) is 9.78 Å². The Morgan fingerprint density at radius 3 is 2.55 bits per heavy atom. The van der Waals surface area contributed by atoms with Gasteiger partial charge in [-0.2, -0.15) is 0 Å². The van der Waals surface area contributed by atoms with Crippen LogP contribution in [0.3, 0.4) is 0 Å². The molecule has 0 unspecified atom stereocenters. The average molecular weight is 445 g/mol. The summed E-state index contributed by atoms with van der Waals surface area (Å²) in [6.45, 7) is 7.26. The van der Waals surface area contributed by atoms with E-state index in [0.29, 0.717) is 19.4 Å². The summed E-state index contributed by atoms with van der Waals surface area (Å²) in [6.07, 6.45) is 6.82. The second-order valence-electron chi connectivity index (χ2n) is 8.67. The number of aryl methyl sites for hydroxylation is 1. The monoisotopic (exact) mass is 444 g/mol. The molecule has 1 aliphatic heterocycles. The van der Waals surface area contributed by atoms with Gasteiger partial charge < -0.3 is 20.6 Å². The summed E-state index contributed by atoms with van der Waals surface area (Å²) >= 11 is 1.57. The number of carbonyl (C=O) groups is 2. The number of hydrogen-bond acceptors (Lipinski definition) is 5. The fraction of sp³-hybridized carbons (Fsp3) is 0.522. The van der Waals surface area contributed by atoms with Crippen LogP contribution in [0, 0.1) is 5.41 Å². The summed E-state index contributed by atoms with van der Waals surface area (Å²) in [4.78, 5) is 31.2. The number of carboxylic acids is 1. The van der Waals surface area contributed by atoms with Crippen LogP contribution in [0.15, 0.2) is 30.5 Å². The van der Waals surface area contributed by atoms with Crippen molar-refractivity contribution < 1.29 is 14.7 Å². The maximum Gasteiger partial charge on any atom is 0.319 e. The zero-order valence-electron chi connectivity index (χ0n) is 18.3. The lowest BCUT2D eigenvalue weighted by molar-refractivity contribution is -0.147. The number of aliphatic carboxylic acids is 1. The Labute approximate surface area is 187 Å². The normalized spacial score (nSPS) is 14.9. The minimum Gasteiger partial charge on any atom is -0.481 e. The molecule has 0 bridgehead atoms. The molecule has 1 aromatic carbocycles. The van der Waals surface area contributed by atoms with Crippen molar-refractivity contribution >= 4 is 29.0 Å². The number of nitrogens with zero attached hydrogens (tertiary/aromatic N) is 2. The predicted molar refractivity (Wildman–Crippen MR) is 125 cm³/mol. The molecule has 1 fully saturated rings. The number of hydrogen-bond donors (Lipinski definition) is 3. The lowest BCUT2D eigenvalue weighted by atomic mass is 9.88. The van der Waals surface area contributed by atoms with Crippen molar-refractivity contribution in [2.75, 3.05) is 31.5 Å². The maximum absolute atomic E-state index is 12.1. The van der Waals surface area contributed by atoms with Gasteiger partial charge in [0.25, 0.3) is 0 Å². The molecule has 0 saturated carbocycles. The Morgan fingerprint density at radius 1 is 1.16 bits per heavy atom. The Morgan fingerprint density at radius 2 is 1.87 bits per heavy atom. The number of aromatic nitrogens is 1. The summed E-state index contributed by atoms with van der Waals surface area (Å²) < 4.78 is 0. The number of rotatable bonds is 9. The number of urea groups is 1. The van der Waals surface area contributed by atoms with Crippen molar-refractivity contribution in [1.29, 1.82) is 0 Å². The van der Waals surface area contributed by atoms with Crippen LogP contribution in [0.1, 0.15) is 44.5 Å². The van der Waals surface area contributed by atoms with E-state index in [2.05, 4.69) is 20.5 Å². The Hall–Kier alpha value is -2.45. The second-order valence-corrected chi connectivity index (χ2v) is 9.78. The van der Waals surface area contributed by atoms with E-state index < -0.39 is 11.4 Å². The lowest BCUT2D eigenvalue weighted by Crippen LogP contribution is -2.39. The molecular weight excluding hydrogens is 412 g/mol. The third-order valence-electron chi connectivity index (χ3n) is 5.69. The third-order valence-corrected chi connectivity index (χ3v) is 6.79. The van der Waals surface area contributed by atoms with Crippen LogP contribution in [0.2, 0.25) is 0 Å². The van der Waals surface area contributed by atoms with Gasteiger partial charge in [0.2, 0.25) is 0 Å². The first-order valence-corrected chi connectivity index (χ1v) is 11.7.